The van der Waals surface area contributed by atoms with Crippen LogP contribution in [0.3, 0.4) is 0 Å². The lowest BCUT2D eigenvalue weighted by atomic mass is 10.0. The summed E-state index contributed by atoms with van der Waals surface area (Å²) in [6, 6.07) is 13.7. The molecular formula is C25H34N2O2. The number of hydrogen-bond donors (Lipinski definition) is 1. The van der Waals surface area contributed by atoms with Gasteiger partial charge in [0.05, 0.1) is 6.42 Å². The number of hydrogen-bond acceptors (Lipinski definition) is 2. The van der Waals surface area contributed by atoms with E-state index in [1.165, 1.54) is 11.1 Å². The molecule has 0 fully saturated rings. The van der Waals surface area contributed by atoms with Crippen molar-refractivity contribution >= 4 is 11.8 Å². The summed E-state index contributed by atoms with van der Waals surface area (Å²) in [6.07, 6.45) is 2.25. The van der Waals surface area contributed by atoms with Crippen molar-refractivity contribution in [1.29, 1.82) is 0 Å². The number of benzene rings is 2. The lowest BCUT2D eigenvalue weighted by Gasteiger charge is -2.29. The van der Waals surface area contributed by atoms with Crippen LogP contribution in [0.1, 0.15) is 54.5 Å². The molecule has 0 aliphatic rings. The SMILES string of the molecule is CCCCNC(=O)C(C)N(Cc1cccc(C)c1)C(=O)Cc1ccc(C)c(C)c1. The van der Waals surface area contributed by atoms with E-state index in [4.69, 9.17) is 0 Å². The molecule has 4 nitrogen and oxygen atoms in total. The molecule has 0 aliphatic heterocycles. The molecule has 4 heteroatoms. The highest BCUT2D eigenvalue weighted by Crippen LogP contribution is 2.15. The Morgan fingerprint density at radius 2 is 1.76 bits per heavy atom. The van der Waals surface area contributed by atoms with E-state index in [0.717, 1.165) is 29.5 Å². The topological polar surface area (TPSA) is 49.4 Å². The number of carbonyl (C=O) groups is 2. The first-order valence-electron chi connectivity index (χ1n) is 10.5. The predicted octanol–water partition coefficient (Wildman–Crippen LogP) is 4.49. The normalized spacial score (nSPS) is 11.8. The van der Waals surface area contributed by atoms with Crippen molar-refractivity contribution in [2.75, 3.05) is 6.54 Å². The zero-order valence-corrected chi connectivity index (χ0v) is 18.4. The van der Waals surface area contributed by atoms with Crippen molar-refractivity contribution in [3.8, 4) is 0 Å². The molecule has 29 heavy (non-hydrogen) atoms. The van der Waals surface area contributed by atoms with Gasteiger partial charge in [-0.05, 0) is 56.4 Å². The number of rotatable bonds is 9. The molecule has 0 spiro atoms. The highest BCUT2D eigenvalue weighted by molar-refractivity contribution is 5.88. The summed E-state index contributed by atoms with van der Waals surface area (Å²) >= 11 is 0. The van der Waals surface area contributed by atoms with Crippen molar-refractivity contribution in [1.82, 2.24) is 10.2 Å². The number of unbranched alkanes of at least 4 members (excludes halogenated alkanes) is 1. The van der Waals surface area contributed by atoms with Crippen LogP contribution in [0.25, 0.3) is 0 Å². The highest BCUT2D eigenvalue weighted by atomic mass is 16.2. The molecule has 0 heterocycles. The maximum absolute atomic E-state index is 13.2. The van der Waals surface area contributed by atoms with Gasteiger partial charge in [-0.1, -0.05) is 61.4 Å². The summed E-state index contributed by atoms with van der Waals surface area (Å²) in [5.74, 6) is -0.132. The zero-order valence-electron chi connectivity index (χ0n) is 18.4. The minimum Gasteiger partial charge on any atom is -0.354 e. The number of amides is 2. The van der Waals surface area contributed by atoms with Gasteiger partial charge in [0, 0.05) is 13.1 Å². The van der Waals surface area contributed by atoms with Gasteiger partial charge in [0.15, 0.2) is 0 Å². The van der Waals surface area contributed by atoms with Crippen molar-refractivity contribution in [2.45, 2.75) is 66.5 Å². The Kier molecular flexibility index (Phi) is 8.44. The molecule has 0 saturated heterocycles. The van der Waals surface area contributed by atoms with Crippen molar-refractivity contribution in [3.05, 3.63) is 70.3 Å². The molecule has 2 rings (SSSR count). The van der Waals surface area contributed by atoms with Crippen LogP contribution in [-0.4, -0.2) is 29.3 Å². The first kappa shape index (κ1) is 22.7. The second-order valence-electron chi connectivity index (χ2n) is 7.93. The molecule has 1 N–H and O–H groups in total. The zero-order chi connectivity index (χ0) is 21.4. The number of nitrogens with one attached hydrogen (secondary N) is 1. The highest BCUT2D eigenvalue weighted by Gasteiger charge is 2.26. The minimum atomic E-state index is -0.522. The summed E-state index contributed by atoms with van der Waals surface area (Å²) < 4.78 is 0. The largest absolute Gasteiger partial charge is 0.354 e. The lowest BCUT2D eigenvalue weighted by molar-refractivity contribution is -0.140. The Morgan fingerprint density at radius 3 is 2.41 bits per heavy atom. The summed E-state index contributed by atoms with van der Waals surface area (Å²) in [5.41, 5.74) is 5.54. The van der Waals surface area contributed by atoms with Crippen LogP contribution in [0.2, 0.25) is 0 Å². The molecule has 0 aliphatic carbocycles. The fourth-order valence-electron chi connectivity index (χ4n) is 3.32. The summed E-state index contributed by atoms with van der Waals surface area (Å²) in [7, 11) is 0. The first-order chi connectivity index (χ1) is 13.8. The maximum atomic E-state index is 13.2. The van der Waals surface area contributed by atoms with Crippen LogP contribution in [0.15, 0.2) is 42.5 Å². The quantitative estimate of drug-likeness (QED) is 0.637. The second-order valence-corrected chi connectivity index (χ2v) is 7.93. The Morgan fingerprint density at radius 1 is 1.00 bits per heavy atom. The van der Waals surface area contributed by atoms with Crippen molar-refractivity contribution < 1.29 is 9.59 Å². The van der Waals surface area contributed by atoms with Crippen molar-refractivity contribution in [3.63, 3.8) is 0 Å². The molecule has 2 aromatic rings. The Hall–Kier alpha value is -2.62. The van der Waals surface area contributed by atoms with Gasteiger partial charge >= 0.3 is 0 Å². The summed E-state index contributed by atoms with van der Waals surface area (Å²) in [5, 5.41) is 2.96. The first-order valence-corrected chi connectivity index (χ1v) is 10.5. The minimum absolute atomic E-state index is 0.0344. The summed E-state index contributed by atoms with van der Waals surface area (Å²) in [6.45, 7) is 11.1. The van der Waals surface area contributed by atoms with Gasteiger partial charge in [0.1, 0.15) is 6.04 Å². The molecule has 2 aromatic carbocycles. The third kappa shape index (κ3) is 6.74. The third-order valence-electron chi connectivity index (χ3n) is 5.36. The average Bonchev–Trinajstić information content (AvgIpc) is 2.68. The summed E-state index contributed by atoms with van der Waals surface area (Å²) in [4.78, 5) is 27.6. The Labute approximate surface area is 175 Å². The third-order valence-corrected chi connectivity index (χ3v) is 5.36. The van der Waals surface area contributed by atoms with Crippen LogP contribution in [-0.2, 0) is 22.6 Å². The molecular weight excluding hydrogens is 360 g/mol. The van der Waals surface area contributed by atoms with E-state index in [-0.39, 0.29) is 11.8 Å². The van der Waals surface area contributed by atoms with Crippen LogP contribution in [0.4, 0.5) is 0 Å². The smallest absolute Gasteiger partial charge is 0.242 e. The van der Waals surface area contributed by atoms with Gasteiger partial charge in [0.2, 0.25) is 11.8 Å². The second kappa shape index (κ2) is 10.8. The molecule has 2 amide bonds. The average molecular weight is 395 g/mol. The molecule has 0 bridgehead atoms. The fraction of sp³-hybridized carbons (Fsp3) is 0.440. The lowest BCUT2D eigenvalue weighted by Crippen LogP contribution is -2.48. The van der Waals surface area contributed by atoms with E-state index < -0.39 is 6.04 Å². The fourth-order valence-corrected chi connectivity index (χ4v) is 3.32. The van der Waals surface area contributed by atoms with Gasteiger partial charge in [-0.2, -0.15) is 0 Å². The number of nitrogens with zero attached hydrogens (tertiary/aromatic N) is 1. The van der Waals surface area contributed by atoms with E-state index in [9.17, 15) is 9.59 Å². The van der Waals surface area contributed by atoms with Crippen LogP contribution in [0, 0.1) is 20.8 Å². The number of aryl methyl sites for hydroxylation is 3. The van der Waals surface area contributed by atoms with E-state index in [1.807, 2.05) is 44.2 Å². The Bertz CT molecular complexity index is 844. The van der Waals surface area contributed by atoms with E-state index in [0.29, 0.717) is 19.5 Å². The van der Waals surface area contributed by atoms with Gasteiger partial charge in [-0.15, -0.1) is 0 Å². The monoisotopic (exact) mass is 394 g/mol. The van der Waals surface area contributed by atoms with Crippen molar-refractivity contribution in [2.24, 2.45) is 0 Å². The van der Waals surface area contributed by atoms with Gasteiger partial charge in [0.25, 0.3) is 0 Å². The molecule has 1 unspecified atom stereocenters. The van der Waals surface area contributed by atoms with Gasteiger partial charge in [-0.25, -0.2) is 0 Å². The van der Waals surface area contributed by atoms with E-state index in [2.05, 4.69) is 38.2 Å². The van der Waals surface area contributed by atoms with Crippen LogP contribution in [0.5, 0.6) is 0 Å². The maximum Gasteiger partial charge on any atom is 0.242 e. The van der Waals surface area contributed by atoms with Crippen LogP contribution < -0.4 is 5.32 Å². The molecule has 1 atom stereocenters. The van der Waals surface area contributed by atoms with Gasteiger partial charge in [-0.3, -0.25) is 9.59 Å². The number of carbonyl (C=O) groups excluding carboxylic acids is 2. The van der Waals surface area contributed by atoms with E-state index >= 15 is 0 Å². The molecule has 0 radical (unpaired) electrons. The van der Waals surface area contributed by atoms with Gasteiger partial charge < -0.3 is 10.2 Å². The molecule has 156 valence electrons. The Balaban J connectivity index is 2.20. The van der Waals surface area contributed by atoms with E-state index in [1.54, 1.807) is 4.90 Å². The molecule has 0 saturated carbocycles. The predicted molar refractivity (Wildman–Crippen MR) is 119 cm³/mol. The standard InChI is InChI=1S/C25H34N2O2/c1-6-7-13-26-25(29)21(5)27(17-23-10-8-9-18(2)14-23)24(28)16-22-12-11-19(3)20(4)15-22/h8-12,14-15,21H,6-7,13,16-17H2,1-5H3,(H,26,29). The molecule has 0 aromatic heterocycles. The van der Waals surface area contributed by atoms with Crippen LogP contribution >= 0.6 is 0 Å².